The van der Waals surface area contributed by atoms with E-state index in [1.807, 2.05) is 0 Å². The fourth-order valence-electron chi connectivity index (χ4n) is 9.35. The molecule has 0 aromatic heterocycles. The van der Waals surface area contributed by atoms with E-state index in [2.05, 4.69) is 27.7 Å². The number of carboxylic acid groups (broad SMARTS) is 1. The zero-order valence-corrected chi connectivity index (χ0v) is 20.6. The number of fused-ring (bicyclic) bond motifs is 5. The molecule has 0 aromatic carbocycles. The molecule has 0 radical (unpaired) electrons. The zero-order valence-electron chi connectivity index (χ0n) is 20.6. The van der Waals surface area contributed by atoms with Gasteiger partial charge in [-0.3, -0.25) is 14.4 Å². The van der Waals surface area contributed by atoms with Gasteiger partial charge in [0.1, 0.15) is 11.9 Å². The summed E-state index contributed by atoms with van der Waals surface area (Å²) in [6, 6.07) is 0. The number of ether oxygens (including phenoxy) is 1. The summed E-state index contributed by atoms with van der Waals surface area (Å²) in [6.07, 6.45) is 8.08. The first-order valence-electron chi connectivity index (χ1n) is 13.0. The first-order chi connectivity index (χ1) is 15.0. The van der Waals surface area contributed by atoms with Gasteiger partial charge in [-0.15, -0.1) is 0 Å². The summed E-state index contributed by atoms with van der Waals surface area (Å²) < 4.78 is 5.61. The van der Waals surface area contributed by atoms with Crippen molar-refractivity contribution in [1.82, 2.24) is 0 Å². The maximum atomic E-state index is 14.1. The quantitative estimate of drug-likeness (QED) is 0.564. The van der Waals surface area contributed by atoms with Crippen molar-refractivity contribution < 1.29 is 24.2 Å². The van der Waals surface area contributed by atoms with Crippen LogP contribution in [0.1, 0.15) is 92.4 Å². The van der Waals surface area contributed by atoms with Crippen LogP contribution in [-0.4, -0.2) is 28.9 Å². The standard InChI is InChI=1S/C27H42O5/c1-6-18-22-14-17(32-16(3)28)9-11-27(22,5)21-10-12-26(4)19(15(2)13-23(29)30)7-8-20(26)24(21)25(18)31/h15,17-22,24H,6-14H2,1-5H3,(H,29,30)/t15-,17-,18?,19-,20?,21?,22?,24?,26-,27-/m1/s1. The van der Waals surface area contributed by atoms with Gasteiger partial charge < -0.3 is 9.84 Å². The molecule has 0 bridgehead atoms. The summed E-state index contributed by atoms with van der Waals surface area (Å²) >= 11 is 0. The predicted molar refractivity (Wildman–Crippen MR) is 122 cm³/mol. The lowest BCUT2D eigenvalue weighted by Gasteiger charge is -2.62. The van der Waals surface area contributed by atoms with Crippen LogP contribution in [-0.2, 0) is 19.1 Å². The second-order valence-electron chi connectivity index (χ2n) is 12.1. The molecule has 0 saturated heterocycles. The van der Waals surface area contributed by atoms with Gasteiger partial charge >= 0.3 is 11.9 Å². The maximum absolute atomic E-state index is 14.1. The van der Waals surface area contributed by atoms with Crippen molar-refractivity contribution in [3.63, 3.8) is 0 Å². The number of carbonyl (C=O) groups excluding carboxylic acids is 2. The van der Waals surface area contributed by atoms with Crippen LogP contribution in [0.25, 0.3) is 0 Å². The third kappa shape index (κ3) is 3.62. The van der Waals surface area contributed by atoms with Crippen LogP contribution < -0.4 is 0 Å². The van der Waals surface area contributed by atoms with Gasteiger partial charge in [0.05, 0.1) is 0 Å². The third-order valence-corrected chi connectivity index (χ3v) is 10.7. The van der Waals surface area contributed by atoms with Crippen LogP contribution in [0.5, 0.6) is 0 Å². The van der Waals surface area contributed by atoms with E-state index < -0.39 is 5.97 Å². The lowest BCUT2D eigenvalue weighted by Crippen LogP contribution is -2.60. The van der Waals surface area contributed by atoms with Crippen molar-refractivity contribution in [2.75, 3.05) is 0 Å². The van der Waals surface area contributed by atoms with Crippen molar-refractivity contribution in [3.05, 3.63) is 0 Å². The number of ketones is 1. The van der Waals surface area contributed by atoms with Crippen LogP contribution in [0.3, 0.4) is 0 Å². The number of aliphatic carboxylic acids is 1. The third-order valence-electron chi connectivity index (χ3n) is 10.7. The Balaban J connectivity index is 1.63. The van der Waals surface area contributed by atoms with E-state index in [0.29, 0.717) is 29.5 Å². The smallest absolute Gasteiger partial charge is 0.303 e. The zero-order chi connectivity index (χ0) is 23.4. The molecule has 0 aliphatic heterocycles. The van der Waals surface area contributed by atoms with Gasteiger partial charge in [0.15, 0.2) is 0 Å². The first kappa shape index (κ1) is 23.8. The number of hydrogen-bond acceptors (Lipinski definition) is 4. The molecule has 4 aliphatic carbocycles. The van der Waals surface area contributed by atoms with Crippen molar-refractivity contribution >= 4 is 17.7 Å². The van der Waals surface area contributed by atoms with Crippen molar-refractivity contribution in [2.24, 2.45) is 52.3 Å². The molecule has 4 rings (SSSR count). The number of rotatable bonds is 5. The van der Waals surface area contributed by atoms with Crippen LogP contribution in [0.2, 0.25) is 0 Å². The second kappa shape index (κ2) is 8.43. The monoisotopic (exact) mass is 446 g/mol. The van der Waals surface area contributed by atoms with Gasteiger partial charge in [-0.2, -0.15) is 0 Å². The molecule has 0 spiro atoms. The van der Waals surface area contributed by atoms with Gasteiger partial charge in [-0.1, -0.05) is 27.7 Å². The lowest BCUT2D eigenvalue weighted by atomic mass is 9.42. The fraction of sp³-hybridized carbons (Fsp3) is 0.889. The Morgan fingerprint density at radius 2 is 1.72 bits per heavy atom. The maximum Gasteiger partial charge on any atom is 0.303 e. The van der Waals surface area contributed by atoms with Gasteiger partial charge in [-0.05, 0) is 91.8 Å². The van der Waals surface area contributed by atoms with Gasteiger partial charge in [-0.25, -0.2) is 0 Å². The Morgan fingerprint density at radius 3 is 2.34 bits per heavy atom. The molecule has 10 atom stereocenters. The molecule has 5 unspecified atom stereocenters. The van der Waals surface area contributed by atoms with Crippen LogP contribution in [0, 0.1) is 52.3 Å². The molecular formula is C27H42O5. The lowest BCUT2D eigenvalue weighted by molar-refractivity contribution is -0.178. The molecule has 0 aromatic rings. The van der Waals surface area contributed by atoms with E-state index in [1.165, 1.54) is 6.92 Å². The van der Waals surface area contributed by atoms with Gasteiger partial charge in [0, 0.05) is 25.2 Å². The highest BCUT2D eigenvalue weighted by Gasteiger charge is 2.65. The highest BCUT2D eigenvalue weighted by Crippen LogP contribution is 2.68. The van der Waals surface area contributed by atoms with Gasteiger partial charge in [0.25, 0.3) is 0 Å². The molecule has 1 N–H and O–H groups in total. The largest absolute Gasteiger partial charge is 0.481 e. The van der Waals surface area contributed by atoms with Crippen LogP contribution in [0.15, 0.2) is 0 Å². The Bertz CT molecular complexity index is 776. The van der Waals surface area contributed by atoms with Gasteiger partial charge in [0.2, 0.25) is 0 Å². The van der Waals surface area contributed by atoms with E-state index in [-0.39, 0.29) is 47.1 Å². The number of Topliss-reactive ketones (excluding diaryl/α,β-unsaturated/α-hetero) is 1. The summed E-state index contributed by atoms with van der Waals surface area (Å²) in [5.74, 6) is 1.35. The SMILES string of the molecule is CCC1C(=O)C2C(CC[C@@]3(C)C2CC[C@@H]3[C@H](C)CC(=O)O)[C@@]2(C)CC[C@@H](OC(C)=O)CC12. The molecule has 4 aliphatic rings. The fourth-order valence-corrected chi connectivity index (χ4v) is 9.35. The minimum absolute atomic E-state index is 0.0504. The van der Waals surface area contributed by atoms with Crippen LogP contribution >= 0.6 is 0 Å². The molecule has 5 heteroatoms. The van der Waals surface area contributed by atoms with E-state index in [0.717, 1.165) is 51.4 Å². The minimum atomic E-state index is -0.710. The summed E-state index contributed by atoms with van der Waals surface area (Å²) in [4.78, 5) is 37.0. The number of carbonyl (C=O) groups is 3. The summed E-state index contributed by atoms with van der Waals surface area (Å²) in [7, 11) is 0. The summed E-state index contributed by atoms with van der Waals surface area (Å²) in [5.41, 5.74) is 0.199. The summed E-state index contributed by atoms with van der Waals surface area (Å²) in [5, 5.41) is 9.37. The molecule has 4 fully saturated rings. The summed E-state index contributed by atoms with van der Waals surface area (Å²) in [6.45, 7) is 10.5. The van der Waals surface area contributed by atoms with E-state index in [4.69, 9.17) is 4.74 Å². The predicted octanol–water partition coefficient (Wildman–Crippen LogP) is 5.50. The van der Waals surface area contributed by atoms with E-state index >= 15 is 0 Å². The molecule has 4 saturated carbocycles. The normalized spacial score (nSPS) is 46.5. The van der Waals surface area contributed by atoms with E-state index in [1.54, 1.807) is 0 Å². The molecule has 32 heavy (non-hydrogen) atoms. The van der Waals surface area contributed by atoms with E-state index in [9.17, 15) is 19.5 Å². The molecule has 0 amide bonds. The second-order valence-corrected chi connectivity index (χ2v) is 12.1. The first-order valence-corrected chi connectivity index (χ1v) is 13.0. The number of carboxylic acids is 1. The molecule has 5 nitrogen and oxygen atoms in total. The number of esters is 1. The van der Waals surface area contributed by atoms with Crippen molar-refractivity contribution in [1.29, 1.82) is 0 Å². The Morgan fingerprint density at radius 1 is 1.06 bits per heavy atom. The Labute approximate surface area is 193 Å². The average Bonchev–Trinajstić information content (AvgIpc) is 3.05. The van der Waals surface area contributed by atoms with Crippen molar-refractivity contribution in [3.8, 4) is 0 Å². The average molecular weight is 447 g/mol. The molecule has 180 valence electrons. The molecule has 0 heterocycles. The number of hydrogen-bond donors (Lipinski definition) is 1. The topological polar surface area (TPSA) is 80.7 Å². The highest BCUT2D eigenvalue weighted by molar-refractivity contribution is 5.86. The van der Waals surface area contributed by atoms with Crippen LogP contribution in [0.4, 0.5) is 0 Å². The van der Waals surface area contributed by atoms with Crippen molar-refractivity contribution in [2.45, 2.75) is 98.5 Å². The highest BCUT2D eigenvalue weighted by atomic mass is 16.5. The Hall–Kier alpha value is -1.39. The Kier molecular flexibility index (Phi) is 6.26. The molecular weight excluding hydrogens is 404 g/mol. The minimum Gasteiger partial charge on any atom is -0.481 e.